The van der Waals surface area contributed by atoms with Gasteiger partial charge >= 0.3 is 0 Å². The summed E-state index contributed by atoms with van der Waals surface area (Å²) in [6.45, 7) is 0. The first-order valence-corrected chi connectivity index (χ1v) is 5.77. The summed E-state index contributed by atoms with van der Waals surface area (Å²) in [7, 11) is 1.39. The number of benzene rings is 1. The van der Waals surface area contributed by atoms with Gasteiger partial charge in [0.05, 0.1) is 29.5 Å². The van der Waals surface area contributed by atoms with E-state index in [0.29, 0.717) is 5.75 Å². The highest BCUT2D eigenvalue weighted by Crippen LogP contribution is 2.29. The molecule has 2 aromatic rings. The lowest BCUT2D eigenvalue weighted by Crippen LogP contribution is -2.12. The fraction of sp³-hybridized carbons (Fsp3) is 0.0833. The van der Waals surface area contributed by atoms with E-state index < -0.39 is 10.8 Å². The van der Waals surface area contributed by atoms with Gasteiger partial charge in [0.25, 0.3) is 11.6 Å². The second-order valence-electron chi connectivity index (χ2n) is 3.70. The monoisotopic (exact) mass is 296 g/mol. The van der Waals surface area contributed by atoms with Gasteiger partial charge in [-0.2, -0.15) is 0 Å². The molecule has 1 aromatic carbocycles. The second kappa shape index (κ2) is 5.62. The SMILES string of the molecule is COc1ccc([N+](=O)[O-])cc1NC(=O)c1ccoc1Cl. The van der Waals surface area contributed by atoms with E-state index in [4.69, 9.17) is 20.8 Å². The summed E-state index contributed by atoms with van der Waals surface area (Å²) in [5.41, 5.74) is 0.128. The Kier molecular flexibility index (Phi) is 3.90. The number of carbonyl (C=O) groups is 1. The molecular weight excluding hydrogens is 288 g/mol. The largest absolute Gasteiger partial charge is 0.495 e. The molecule has 20 heavy (non-hydrogen) atoms. The summed E-state index contributed by atoms with van der Waals surface area (Å²) < 4.78 is 9.84. The van der Waals surface area contributed by atoms with Crippen molar-refractivity contribution in [3.05, 3.63) is 51.4 Å². The van der Waals surface area contributed by atoms with Crippen molar-refractivity contribution in [3.8, 4) is 5.75 Å². The molecule has 0 radical (unpaired) electrons. The number of amides is 1. The molecule has 2 rings (SSSR count). The maximum atomic E-state index is 12.0. The molecular formula is C12H9ClN2O5. The molecule has 0 aliphatic rings. The van der Waals surface area contributed by atoms with Gasteiger partial charge in [-0.25, -0.2) is 0 Å². The van der Waals surface area contributed by atoms with Crippen molar-refractivity contribution in [1.82, 2.24) is 0 Å². The average Bonchev–Trinajstić information content (AvgIpc) is 2.84. The minimum atomic E-state index is -0.570. The van der Waals surface area contributed by atoms with Gasteiger partial charge in [0.1, 0.15) is 5.75 Å². The molecule has 0 aliphatic carbocycles. The number of carbonyl (C=O) groups excluding carboxylic acids is 1. The number of non-ortho nitro benzene ring substituents is 1. The summed E-state index contributed by atoms with van der Waals surface area (Å²) in [5.74, 6) is -0.258. The first-order valence-electron chi connectivity index (χ1n) is 5.39. The fourth-order valence-electron chi connectivity index (χ4n) is 1.55. The Labute approximate surface area is 118 Å². The molecule has 0 fully saturated rings. The first kappa shape index (κ1) is 13.9. The molecule has 104 valence electrons. The van der Waals surface area contributed by atoms with Crippen LogP contribution < -0.4 is 10.1 Å². The lowest BCUT2D eigenvalue weighted by Gasteiger charge is -2.09. The number of methoxy groups -OCH3 is 1. The predicted molar refractivity (Wildman–Crippen MR) is 71.3 cm³/mol. The van der Waals surface area contributed by atoms with Crippen LogP contribution in [0.1, 0.15) is 10.4 Å². The number of nitro benzene ring substituents is 1. The quantitative estimate of drug-likeness (QED) is 0.691. The molecule has 1 amide bonds. The third kappa shape index (κ3) is 2.72. The fourth-order valence-corrected chi connectivity index (χ4v) is 1.75. The van der Waals surface area contributed by atoms with Crippen LogP contribution >= 0.6 is 11.6 Å². The van der Waals surface area contributed by atoms with Gasteiger partial charge in [-0.1, -0.05) is 0 Å². The molecule has 0 aliphatic heterocycles. The molecule has 0 saturated heterocycles. The number of nitro groups is 1. The zero-order valence-electron chi connectivity index (χ0n) is 10.3. The molecule has 7 nitrogen and oxygen atoms in total. The average molecular weight is 297 g/mol. The van der Waals surface area contributed by atoms with E-state index in [-0.39, 0.29) is 22.2 Å². The predicted octanol–water partition coefficient (Wildman–Crippen LogP) is 3.10. The minimum absolute atomic E-state index is 0.0631. The van der Waals surface area contributed by atoms with Gasteiger partial charge in [0.15, 0.2) is 0 Å². The number of hydrogen-bond donors (Lipinski definition) is 1. The van der Waals surface area contributed by atoms with E-state index in [0.717, 1.165) is 0 Å². The number of rotatable bonds is 4. The topological polar surface area (TPSA) is 94.6 Å². The molecule has 0 saturated carbocycles. The second-order valence-corrected chi connectivity index (χ2v) is 4.05. The van der Waals surface area contributed by atoms with E-state index in [9.17, 15) is 14.9 Å². The molecule has 0 atom stereocenters. The number of ether oxygens (including phenoxy) is 1. The van der Waals surface area contributed by atoms with E-state index >= 15 is 0 Å². The summed E-state index contributed by atoms with van der Waals surface area (Å²) >= 11 is 5.69. The Bertz CT molecular complexity index is 668. The highest BCUT2D eigenvalue weighted by Gasteiger charge is 2.17. The Hall–Kier alpha value is -2.54. The van der Waals surface area contributed by atoms with Gasteiger partial charge in [-0.05, 0) is 23.7 Å². The minimum Gasteiger partial charge on any atom is -0.495 e. The summed E-state index contributed by atoms with van der Waals surface area (Å²) in [4.78, 5) is 22.1. The van der Waals surface area contributed by atoms with Crippen molar-refractivity contribution in [2.75, 3.05) is 12.4 Å². The summed E-state index contributed by atoms with van der Waals surface area (Å²) in [6, 6.07) is 5.26. The van der Waals surface area contributed by atoms with Crippen LogP contribution in [-0.2, 0) is 0 Å². The Morgan fingerprint density at radius 3 is 2.75 bits per heavy atom. The van der Waals surface area contributed by atoms with Crippen LogP contribution in [0.15, 0.2) is 34.9 Å². The van der Waals surface area contributed by atoms with Crippen molar-refractivity contribution in [2.24, 2.45) is 0 Å². The van der Waals surface area contributed by atoms with Crippen LogP contribution in [0.4, 0.5) is 11.4 Å². The number of hydrogen-bond acceptors (Lipinski definition) is 5. The molecule has 8 heteroatoms. The number of anilines is 1. The zero-order valence-corrected chi connectivity index (χ0v) is 11.0. The van der Waals surface area contributed by atoms with Gasteiger partial charge in [0, 0.05) is 12.1 Å². The highest BCUT2D eigenvalue weighted by atomic mass is 35.5. The number of nitrogens with zero attached hydrogens (tertiary/aromatic N) is 1. The van der Waals surface area contributed by atoms with Crippen molar-refractivity contribution >= 4 is 28.9 Å². The highest BCUT2D eigenvalue weighted by molar-refractivity contribution is 6.32. The number of furan rings is 1. The molecule has 0 unspecified atom stereocenters. The Balaban J connectivity index is 2.32. The van der Waals surface area contributed by atoms with Gasteiger partial charge in [0.2, 0.25) is 5.22 Å². The van der Waals surface area contributed by atoms with Crippen molar-refractivity contribution in [3.63, 3.8) is 0 Å². The lowest BCUT2D eigenvalue weighted by molar-refractivity contribution is -0.384. The van der Waals surface area contributed by atoms with Crippen molar-refractivity contribution in [2.45, 2.75) is 0 Å². The Morgan fingerprint density at radius 2 is 2.20 bits per heavy atom. The smallest absolute Gasteiger partial charge is 0.271 e. The first-order chi connectivity index (χ1) is 9.52. The molecule has 0 spiro atoms. The van der Waals surface area contributed by atoms with E-state index in [1.165, 1.54) is 37.6 Å². The van der Waals surface area contributed by atoms with Gasteiger partial charge in [-0.3, -0.25) is 14.9 Å². The van der Waals surface area contributed by atoms with E-state index in [1.54, 1.807) is 0 Å². The zero-order chi connectivity index (χ0) is 14.7. The standard InChI is InChI=1S/C12H9ClN2O5/c1-19-10-3-2-7(15(17)18)6-9(10)14-12(16)8-4-5-20-11(8)13/h2-6H,1H3,(H,14,16). The lowest BCUT2D eigenvalue weighted by atomic mass is 10.2. The number of nitrogens with one attached hydrogen (secondary N) is 1. The van der Waals surface area contributed by atoms with Crippen LogP contribution in [0.5, 0.6) is 5.75 Å². The summed E-state index contributed by atoms with van der Waals surface area (Å²) in [6.07, 6.45) is 1.27. The normalized spacial score (nSPS) is 10.1. The van der Waals surface area contributed by atoms with Crippen molar-refractivity contribution in [1.29, 1.82) is 0 Å². The van der Waals surface area contributed by atoms with E-state index in [2.05, 4.69) is 5.32 Å². The van der Waals surface area contributed by atoms with Gasteiger partial charge in [-0.15, -0.1) is 0 Å². The van der Waals surface area contributed by atoms with Crippen LogP contribution in [0, 0.1) is 10.1 Å². The molecule has 0 bridgehead atoms. The van der Waals surface area contributed by atoms with Gasteiger partial charge < -0.3 is 14.5 Å². The van der Waals surface area contributed by atoms with Crippen LogP contribution in [0.25, 0.3) is 0 Å². The van der Waals surface area contributed by atoms with Crippen molar-refractivity contribution < 1.29 is 18.9 Å². The maximum absolute atomic E-state index is 12.0. The third-order valence-electron chi connectivity index (χ3n) is 2.50. The summed E-state index contributed by atoms with van der Waals surface area (Å²) in [5, 5.41) is 13.2. The number of halogens is 1. The van der Waals surface area contributed by atoms with Crippen LogP contribution in [-0.4, -0.2) is 17.9 Å². The Morgan fingerprint density at radius 1 is 1.45 bits per heavy atom. The van der Waals surface area contributed by atoms with E-state index in [1.807, 2.05) is 0 Å². The van der Waals surface area contributed by atoms with Crippen LogP contribution in [0.2, 0.25) is 5.22 Å². The molecule has 1 aromatic heterocycles. The maximum Gasteiger partial charge on any atom is 0.271 e. The van der Waals surface area contributed by atoms with Crippen LogP contribution in [0.3, 0.4) is 0 Å². The molecule has 1 heterocycles. The molecule has 1 N–H and O–H groups in total. The third-order valence-corrected chi connectivity index (χ3v) is 2.80.